The van der Waals surface area contributed by atoms with E-state index in [1.165, 1.54) is 0 Å². The summed E-state index contributed by atoms with van der Waals surface area (Å²) < 4.78 is 10.5. The molecule has 0 unspecified atom stereocenters. The van der Waals surface area contributed by atoms with Gasteiger partial charge in [-0.15, -0.1) is 0 Å². The fourth-order valence-corrected chi connectivity index (χ4v) is 1.15. The molecule has 14 heavy (non-hydrogen) atoms. The molecule has 0 bridgehead atoms. The van der Waals surface area contributed by atoms with Gasteiger partial charge in [-0.3, -0.25) is 0 Å². The lowest BCUT2D eigenvalue weighted by molar-refractivity contribution is 0.0452. The first-order chi connectivity index (χ1) is 6.84. The first kappa shape index (κ1) is 11.4. The topological polar surface area (TPSA) is 31.4 Å². The molecule has 0 saturated carbocycles. The van der Waals surface area contributed by atoms with E-state index in [0.29, 0.717) is 25.0 Å². The van der Waals surface area contributed by atoms with Crippen molar-refractivity contribution in [1.82, 2.24) is 4.98 Å². The minimum absolute atomic E-state index is 0.486. The molecule has 1 rings (SSSR count). The number of hydrogen-bond acceptors (Lipinski definition) is 3. The van der Waals surface area contributed by atoms with Crippen LogP contribution in [-0.4, -0.2) is 24.8 Å². The Hall–Kier alpha value is -0.640. The molecule has 0 atom stereocenters. The lowest BCUT2D eigenvalue weighted by Crippen LogP contribution is -2.04. The Morgan fingerprint density at radius 3 is 2.86 bits per heavy atom. The molecule has 0 spiro atoms. The molecular formula is C10H14ClNO2. The third kappa shape index (κ3) is 4.05. The van der Waals surface area contributed by atoms with Crippen LogP contribution >= 0.6 is 11.6 Å². The van der Waals surface area contributed by atoms with Crippen molar-refractivity contribution in [2.75, 3.05) is 19.8 Å². The van der Waals surface area contributed by atoms with Gasteiger partial charge in [-0.1, -0.05) is 17.7 Å². The summed E-state index contributed by atoms with van der Waals surface area (Å²) in [5.74, 6) is 0. The van der Waals surface area contributed by atoms with E-state index in [4.69, 9.17) is 21.1 Å². The smallest absolute Gasteiger partial charge is 0.134 e. The molecule has 0 amide bonds. The predicted octanol–water partition coefficient (Wildman–Crippen LogP) is 2.29. The molecule has 0 radical (unpaired) electrons. The van der Waals surface area contributed by atoms with Gasteiger partial charge >= 0.3 is 0 Å². The van der Waals surface area contributed by atoms with Crippen molar-refractivity contribution < 1.29 is 9.47 Å². The van der Waals surface area contributed by atoms with E-state index in [0.717, 1.165) is 12.2 Å². The molecular weight excluding hydrogens is 202 g/mol. The van der Waals surface area contributed by atoms with Crippen LogP contribution in [0.4, 0.5) is 0 Å². The van der Waals surface area contributed by atoms with Crippen LogP contribution in [-0.2, 0) is 16.1 Å². The van der Waals surface area contributed by atoms with Crippen molar-refractivity contribution in [2.24, 2.45) is 0 Å². The van der Waals surface area contributed by atoms with E-state index in [9.17, 15) is 0 Å². The molecule has 0 aliphatic carbocycles. The first-order valence-electron chi connectivity index (χ1n) is 4.59. The largest absolute Gasteiger partial charge is 0.379 e. The molecule has 0 fully saturated rings. The number of halogens is 1. The van der Waals surface area contributed by atoms with Gasteiger partial charge in [-0.05, 0) is 13.0 Å². The predicted molar refractivity (Wildman–Crippen MR) is 55.4 cm³/mol. The summed E-state index contributed by atoms with van der Waals surface area (Å²) in [6.45, 7) is 4.36. The molecule has 0 aliphatic heterocycles. The lowest BCUT2D eigenvalue weighted by Gasteiger charge is -2.05. The summed E-state index contributed by atoms with van der Waals surface area (Å²) in [4.78, 5) is 3.95. The van der Waals surface area contributed by atoms with Crippen molar-refractivity contribution in [2.45, 2.75) is 13.5 Å². The van der Waals surface area contributed by atoms with Crippen molar-refractivity contribution in [1.29, 1.82) is 0 Å². The summed E-state index contributed by atoms with van der Waals surface area (Å²) in [7, 11) is 0. The number of aromatic nitrogens is 1. The Kier molecular flexibility index (Phi) is 5.52. The molecule has 3 nitrogen and oxygen atoms in total. The number of nitrogens with zero attached hydrogens (tertiary/aromatic N) is 1. The number of rotatable bonds is 6. The van der Waals surface area contributed by atoms with E-state index in [1.54, 1.807) is 6.20 Å². The molecule has 0 aromatic carbocycles. The van der Waals surface area contributed by atoms with E-state index in [-0.39, 0.29) is 0 Å². The van der Waals surface area contributed by atoms with Gasteiger partial charge in [0.05, 0.1) is 19.8 Å². The fraction of sp³-hybridized carbons (Fsp3) is 0.500. The van der Waals surface area contributed by atoms with Crippen LogP contribution in [0.15, 0.2) is 18.3 Å². The molecule has 0 N–H and O–H groups in total. The van der Waals surface area contributed by atoms with Crippen molar-refractivity contribution in [3.63, 3.8) is 0 Å². The maximum absolute atomic E-state index is 5.84. The van der Waals surface area contributed by atoms with E-state index in [1.807, 2.05) is 19.1 Å². The zero-order valence-corrected chi connectivity index (χ0v) is 8.96. The third-order valence-corrected chi connectivity index (χ3v) is 2.01. The molecule has 1 aromatic rings. The van der Waals surface area contributed by atoms with Crippen LogP contribution in [0.25, 0.3) is 0 Å². The first-order valence-corrected chi connectivity index (χ1v) is 4.97. The minimum Gasteiger partial charge on any atom is -0.379 e. The number of ether oxygens (including phenoxy) is 2. The Morgan fingerprint density at radius 2 is 2.14 bits per heavy atom. The normalized spacial score (nSPS) is 10.4. The standard InChI is InChI=1S/C10H14ClNO2/c1-2-13-6-7-14-8-9-4-3-5-12-10(9)11/h3-5H,2,6-8H2,1H3. The summed E-state index contributed by atoms with van der Waals surface area (Å²) in [6.07, 6.45) is 1.66. The molecule has 0 aliphatic rings. The molecule has 4 heteroatoms. The fourth-order valence-electron chi connectivity index (χ4n) is 0.971. The summed E-state index contributed by atoms with van der Waals surface area (Å²) in [5, 5.41) is 0.504. The number of hydrogen-bond donors (Lipinski definition) is 0. The van der Waals surface area contributed by atoms with Gasteiger partial charge in [0, 0.05) is 18.4 Å². The molecule has 78 valence electrons. The maximum atomic E-state index is 5.84. The third-order valence-electron chi connectivity index (χ3n) is 1.67. The van der Waals surface area contributed by atoms with Crippen LogP contribution in [0.2, 0.25) is 5.15 Å². The molecule has 0 saturated heterocycles. The van der Waals surface area contributed by atoms with Gasteiger partial charge < -0.3 is 9.47 Å². The molecule has 1 heterocycles. The van der Waals surface area contributed by atoms with Gasteiger partial charge in [-0.2, -0.15) is 0 Å². The van der Waals surface area contributed by atoms with Crippen molar-refractivity contribution in [3.8, 4) is 0 Å². The number of pyridine rings is 1. The van der Waals surface area contributed by atoms with E-state index < -0.39 is 0 Å². The average Bonchev–Trinajstić information content (AvgIpc) is 2.20. The van der Waals surface area contributed by atoms with E-state index >= 15 is 0 Å². The van der Waals surface area contributed by atoms with Crippen LogP contribution < -0.4 is 0 Å². The Balaban J connectivity index is 2.21. The van der Waals surface area contributed by atoms with Crippen LogP contribution in [0, 0.1) is 0 Å². The highest BCUT2D eigenvalue weighted by Gasteiger charge is 1.99. The quantitative estimate of drug-likeness (QED) is 0.539. The summed E-state index contributed by atoms with van der Waals surface area (Å²) in [6, 6.07) is 3.74. The van der Waals surface area contributed by atoms with Gasteiger partial charge in [0.2, 0.25) is 0 Å². The zero-order valence-electron chi connectivity index (χ0n) is 8.20. The summed E-state index contributed by atoms with van der Waals surface area (Å²) >= 11 is 5.84. The van der Waals surface area contributed by atoms with Crippen LogP contribution in [0.5, 0.6) is 0 Å². The highest BCUT2D eigenvalue weighted by atomic mass is 35.5. The van der Waals surface area contributed by atoms with Crippen LogP contribution in [0.3, 0.4) is 0 Å². The second-order valence-corrected chi connectivity index (χ2v) is 3.06. The second kappa shape index (κ2) is 6.76. The monoisotopic (exact) mass is 215 g/mol. The minimum atomic E-state index is 0.486. The lowest BCUT2D eigenvalue weighted by atomic mass is 10.3. The van der Waals surface area contributed by atoms with E-state index in [2.05, 4.69) is 4.98 Å². The Morgan fingerprint density at radius 1 is 1.36 bits per heavy atom. The second-order valence-electron chi connectivity index (χ2n) is 2.70. The van der Waals surface area contributed by atoms with Crippen LogP contribution in [0.1, 0.15) is 12.5 Å². The van der Waals surface area contributed by atoms with Gasteiger partial charge in [0.25, 0.3) is 0 Å². The van der Waals surface area contributed by atoms with Gasteiger partial charge in [0.1, 0.15) is 5.15 Å². The SMILES string of the molecule is CCOCCOCc1cccnc1Cl. The van der Waals surface area contributed by atoms with Gasteiger partial charge in [0.15, 0.2) is 0 Å². The zero-order chi connectivity index (χ0) is 10.2. The van der Waals surface area contributed by atoms with Crippen molar-refractivity contribution >= 4 is 11.6 Å². The maximum Gasteiger partial charge on any atom is 0.134 e. The van der Waals surface area contributed by atoms with Crippen molar-refractivity contribution in [3.05, 3.63) is 29.0 Å². The Labute approximate surface area is 89.0 Å². The average molecular weight is 216 g/mol. The Bertz CT molecular complexity index is 268. The molecule has 1 aromatic heterocycles. The highest BCUT2D eigenvalue weighted by molar-refractivity contribution is 6.30. The summed E-state index contributed by atoms with van der Waals surface area (Å²) in [5.41, 5.74) is 0.908. The van der Waals surface area contributed by atoms with Gasteiger partial charge in [-0.25, -0.2) is 4.98 Å². The highest BCUT2D eigenvalue weighted by Crippen LogP contribution is 2.12.